The van der Waals surface area contributed by atoms with Crippen LogP contribution >= 0.6 is 0 Å². The fraction of sp³-hybridized carbons (Fsp3) is 0.286. The summed E-state index contributed by atoms with van der Waals surface area (Å²) in [5, 5.41) is 17.8. The van der Waals surface area contributed by atoms with Gasteiger partial charge >= 0.3 is 0 Å². The maximum absolute atomic E-state index is 12.2. The summed E-state index contributed by atoms with van der Waals surface area (Å²) in [6, 6.07) is 5.41. The van der Waals surface area contributed by atoms with Gasteiger partial charge in [-0.25, -0.2) is 4.68 Å². The van der Waals surface area contributed by atoms with Crippen LogP contribution in [0, 0.1) is 6.92 Å². The summed E-state index contributed by atoms with van der Waals surface area (Å²) < 4.78 is 1.80. The zero-order valence-electron chi connectivity index (χ0n) is 11.9. The van der Waals surface area contributed by atoms with Gasteiger partial charge in [0, 0.05) is 29.9 Å². The number of aromatic amines is 1. The highest BCUT2D eigenvalue weighted by Gasteiger charge is 2.10. The predicted octanol–water partition coefficient (Wildman–Crippen LogP) is 1.41. The summed E-state index contributed by atoms with van der Waals surface area (Å²) >= 11 is 0. The average molecular weight is 284 g/mol. The number of rotatable bonds is 4. The Labute approximate surface area is 121 Å². The molecule has 2 N–H and O–H groups in total. The van der Waals surface area contributed by atoms with Crippen LogP contribution < -0.4 is 5.32 Å². The van der Waals surface area contributed by atoms with Crippen LogP contribution in [0.15, 0.2) is 24.4 Å². The van der Waals surface area contributed by atoms with Crippen LogP contribution in [-0.4, -0.2) is 31.1 Å². The predicted molar refractivity (Wildman–Crippen MR) is 77.7 cm³/mol. The van der Waals surface area contributed by atoms with Gasteiger partial charge in [0.05, 0.1) is 11.7 Å². The molecular weight excluding hydrogens is 268 g/mol. The Morgan fingerprint density at radius 3 is 3.00 bits per heavy atom. The molecule has 1 amide bonds. The summed E-state index contributed by atoms with van der Waals surface area (Å²) in [6.45, 7) is 5.12. The van der Waals surface area contributed by atoms with Crippen LogP contribution in [0.3, 0.4) is 0 Å². The van der Waals surface area contributed by atoms with E-state index >= 15 is 0 Å². The fourth-order valence-corrected chi connectivity index (χ4v) is 2.18. The van der Waals surface area contributed by atoms with Crippen molar-refractivity contribution in [2.24, 2.45) is 0 Å². The van der Waals surface area contributed by atoms with Crippen LogP contribution in [-0.2, 0) is 13.1 Å². The Morgan fingerprint density at radius 1 is 1.43 bits per heavy atom. The summed E-state index contributed by atoms with van der Waals surface area (Å²) in [6.07, 6.45) is 1.71. The molecule has 2 heterocycles. The van der Waals surface area contributed by atoms with Gasteiger partial charge in [-0.2, -0.15) is 5.10 Å². The highest BCUT2D eigenvalue weighted by atomic mass is 16.1. The van der Waals surface area contributed by atoms with E-state index in [-0.39, 0.29) is 5.91 Å². The summed E-state index contributed by atoms with van der Waals surface area (Å²) in [5.74, 6) is -0.136. The number of amides is 1. The van der Waals surface area contributed by atoms with Gasteiger partial charge in [-0.05, 0) is 32.0 Å². The molecule has 3 rings (SSSR count). The van der Waals surface area contributed by atoms with Crippen LogP contribution in [0.25, 0.3) is 11.0 Å². The van der Waals surface area contributed by atoms with Gasteiger partial charge in [-0.15, -0.1) is 5.10 Å². The third-order valence-corrected chi connectivity index (χ3v) is 3.45. The minimum atomic E-state index is -0.136. The molecule has 3 aromatic rings. The standard InChI is InChI=1S/C14H16N6O/c1-3-20-13-5-4-10(6-12(13)18-19-20)14(21)15-7-11-8-16-17-9(11)2/h4-6,8H,3,7H2,1-2H3,(H,15,21)(H,16,17). The first kappa shape index (κ1) is 13.3. The maximum Gasteiger partial charge on any atom is 0.251 e. The Hall–Kier alpha value is -2.70. The van der Waals surface area contributed by atoms with E-state index in [1.165, 1.54) is 0 Å². The Morgan fingerprint density at radius 2 is 2.29 bits per heavy atom. The fourth-order valence-electron chi connectivity index (χ4n) is 2.18. The number of nitrogens with one attached hydrogen (secondary N) is 2. The normalized spacial score (nSPS) is 11.0. The Kier molecular flexibility index (Phi) is 3.39. The van der Waals surface area contributed by atoms with Gasteiger partial charge < -0.3 is 5.32 Å². The van der Waals surface area contributed by atoms with Crippen LogP contribution in [0.2, 0.25) is 0 Å². The van der Waals surface area contributed by atoms with Gasteiger partial charge in [0.25, 0.3) is 5.91 Å². The van der Waals surface area contributed by atoms with E-state index in [1.807, 2.05) is 19.9 Å². The van der Waals surface area contributed by atoms with Crippen molar-refractivity contribution in [3.63, 3.8) is 0 Å². The Bertz CT molecular complexity index is 788. The van der Waals surface area contributed by atoms with Crippen molar-refractivity contribution in [1.29, 1.82) is 0 Å². The number of carbonyl (C=O) groups excluding carboxylic acids is 1. The number of H-pyrrole nitrogens is 1. The van der Waals surface area contributed by atoms with Crippen molar-refractivity contribution in [3.8, 4) is 0 Å². The molecule has 108 valence electrons. The van der Waals surface area contributed by atoms with Crippen molar-refractivity contribution in [3.05, 3.63) is 41.2 Å². The molecule has 0 fully saturated rings. The number of benzene rings is 1. The van der Waals surface area contributed by atoms with Crippen molar-refractivity contribution in [2.75, 3.05) is 0 Å². The number of carbonyl (C=O) groups is 1. The summed E-state index contributed by atoms with van der Waals surface area (Å²) in [5.41, 5.74) is 4.16. The molecule has 7 heteroatoms. The molecule has 0 aliphatic carbocycles. The quantitative estimate of drug-likeness (QED) is 0.758. The van der Waals surface area contributed by atoms with E-state index in [4.69, 9.17) is 0 Å². The molecule has 0 saturated heterocycles. The van der Waals surface area contributed by atoms with E-state index in [1.54, 1.807) is 23.0 Å². The smallest absolute Gasteiger partial charge is 0.251 e. The minimum absolute atomic E-state index is 0.136. The number of aromatic nitrogens is 5. The van der Waals surface area contributed by atoms with E-state index in [0.717, 1.165) is 28.8 Å². The molecule has 0 spiro atoms. The molecule has 2 aromatic heterocycles. The Balaban J connectivity index is 1.77. The lowest BCUT2D eigenvalue weighted by molar-refractivity contribution is 0.0951. The molecular formula is C14H16N6O. The second kappa shape index (κ2) is 5.35. The molecule has 7 nitrogen and oxygen atoms in total. The van der Waals surface area contributed by atoms with E-state index in [0.29, 0.717) is 12.1 Å². The zero-order chi connectivity index (χ0) is 14.8. The SMILES string of the molecule is CCn1nnc2cc(C(=O)NCc3cn[nH]c3C)ccc21. The highest BCUT2D eigenvalue weighted by Crippen LogP contribution is 2.13. The second-order valence-corrected chi connectivity index (χ2v) is 4.81. The largest absolute Gasteiger partial charge is 0.348 e. The number of nitrogens with zero attached hydrogens (tertiary/aromatic N) is 4. The average Bonchev–Trinajstić information content (AvgIpc) is 3.09. The summed E-state index contributed by atoms with van der Waals surface area (Å²) in [4.78, 5) is 12.2. The lowest BCUT2D eigenvalue weighted by Gasteiger charge is -2.04. The van der Waals surface area contributed by atoms with Gasteiger partial charge in [0.2, 0.25) is 0 Å². The molecule has 0 atom stereocenters. The number of fused-ring (bicyclic) bond motifs is 1. The van der Waals surface area contributed by atoms with Gasteiger partial charge in [-0.1, -0.05) is 5.21 Å². The first-order valence-corrected chi connectivity index (χ1v) is 6.79. The minimum Gasteiger partial charge on any atom is -0.348 e. The molecule has 0 unspecified atom stereocenters. The summed E-state index contributed by atoms with van der Waals surface area (Å²) in [7, 11) is 0. The van der Waals surface area contributed by atoms with Crippen molar-refractivity contribution >= 4 is 16.9 Å². The molecule has 0 bridgehead atoms. The van der Waals surface area contributed by atoms with Gasteiger partial charge in [0.1, 0.15) is 5.52 Å². The zero-order valence-corrected chi connectivity index (χ0v) is 11.9. The van der Waals surface area contributed by atoms with Gasteiger partial charge in [-0.3, -0.25) is 9.89 Å². The van der Waals surface area contributed by atoms with Crippen molar-refractivity contribution in [1.82, 2.24) is 30.5 Å². The van der Waals surface area contributed by atoms with Gasteiger partial charge in [0.15, 0.2) is 0 Å². The molecule has 0 saturated carbocycles. The number of aryl methyl sites for hydroxylation is 2. The molecule has 0 radical (unpaired) electrons. The van der Waals surface area contributed by atoms with Crippen molar-refractivity contribution in [2.45, 2.75) is 26.9 Å². The number of hydrogen-bond acceptors (Lipinski definition) is 4. The highest BCUT2D eigenvalue weighted by molar-refractivity contribution is 5.97. The van der Waals surface area contributed by atoms with Crippen LogP contribution in [0.4, 0.5) is 0 Å². The monoisotopic (exact) mass is 284 g/mol. The first-order chi connectivity index (χ1) is 10.2. The van der Waals surface area contributed by atoms with E-state index in [2.05, 4.69) is 25.8 Å². The maximum atomic E-state index is 12.2. The molecule has 0 aliphatic heterocycles. The lowest BCUT2D eigenvalue weighted by atomic mass is 10.1. The molecule has 21 heavy (non-hydrogen) atoms. The van der Waals surface area contributed by atoms with Crippen LogP contribution in [0.1, 0.15) is 28.5 Å². The van der Waals surface area contributed by atoms with E-state index < -0.39 is 0 Å². The first-order valence-electron chi connectivity index (χ1n) is 6.79. The van der Waals surface area contributed by atoms with E-state index in [9.17, 15) is 4.79 Å². The third kappa shape index (κ3) is 2.49. The number of hydrogen-bond donors (Lipinski definition) is 2. The second-order valence-electron chi connectivity index (χ2n) is 4.81. The third-order valence-electron chi connectivity index (χ3n) is 3.45. The van der Waals surface area contributed by atoms with Crippen molar-refractivity contribution < 1.29 is 4.79 Å². The van der Waals surface area contributed by atoms with Crippen LogP contribution in [0.5, 0.6) is 0 Å². The molecule has 1 aromatic carbocycles. The lowest BCUT2D eigenvalue weighted by Crippen LogP contribution is -2.22. The topological polar surface area (TPSA) is 88.5 Å². The molecule has 0 aliphatic rings.